The summed E-state index contributed by atoms with van der Waals surface area (Å²) in [7, 11) is -1.25. The SMILES string of the molecule is C[Si](C)(C)CCOCn1c(Cl)c(C#N)c2nc(-c3c(F)cc(N4CCOCC4)cc3F)ccc21. The van der Waals surface area contributed by atoms with Crippen LogP contribution in [0, 0.1) is 23.0 Å². The summed E-state index contributed by atoms with van der Waals surface area (Å²) in [6, 6.07) is 8.89. The summed E-state index contributed by atoms with van der Waals surface area (Å²) in [4.78, 5) is 6.32. The third-order valence-corrected chi connectivity index (χ3v) is 7.93. The molecule has 2 aromatic heterocycles. The second kappa shape index (κ2) is 10.00. The number of hydrogen-bond donors (Lipinski definition) is 0. The average Bonchev–Trinajstić information content (AvgIpc) is 3.06. The van der Waals surface area contributed by atoms with Crippen molar-refractivity contribution in [3.63, 3.8) is 0 Å². The van der Waals surface area contributed by atoms with Gasteiger partial charge >= 0.3 is 0 Å². The summed E-state index contributed by atoms with van der Waals surface area (Å²) in [5, 5.41) is 9.87. The Morgan fingerprint density at radius 3 is 2.47 bits per heavy atom. The molecule has 6 nitrogen and oxygen atoms in total. The molecule has 0 atom stereocenters. The van der Waals surface area contributed by atoms with Gasteiger partial charge in [0.2, 0.25) is 0 Å². The highest BCUT2D eigenvalue weighted by molar-refractivity contribution is 6.76. The number of nitrogens with zero attached hydrogens (tertiary/aromatic N) is 4. The maximum atomic E-state index is 15.1. The number of benzene rings is 1. The monoisotopic (exact) mass is 504 g/mol. The first-order valence-electron chi connectivity index (χ1n) is 11.2. The molecular formula is C24H27ClF2N4O2Si. The highest BCUT2D eigenvalue weighted by Crippen LogP contribution is 2.34. The topological polar surface area (TPSA) is 63.3 Å². The first kappa shape index (κ1) is 24.6. The smallest absolute Gasteiger partial charge is 0.137 e. The van der Waals surface area contributed by atoms with Crippen LogP contribution < -0.4 is 4.90 Å². The molecule has 34 heavy (non-hydrogen) atoms. The van der Waals surface area contributed by atoms with Gasteiger partial charge in [-0.15, -0.1) is 0 Å². The van der Waals surface area contributed by atoms with Crippen LogP contribution in [0.25, 0.3) is 22.3 Å². The number of anilines is 1. The minimum absolute atomic E-state index is 0.0981. The van der Waals surface area contributed by atoms with E-state index in [1.807, 2.05) is 4.90 Å². The molecule has 0 spiro atoms. The minimum atomic E-state index is -1.25. The Kier molecular flexibility index (Phi) is 7.24. The number of aromatic nitrogens is 2. The summed E-state index contributed by atoms with van der Waals surface area (Å²) >= 11 is 6.45. The summed E-state index contributed by atoms with van der Waals surface area (Å²) in [5.74, 6) is -1.43. The number of ether oxygens (including phenoxy) is 2. The summed E-state index contributed by atoms with van der Waals surface area (Å²) in [6.07, 6.45) is 0. The van der Waals surface area contributed by atoms with E-state index in [2.05, 4.69) is 30.7 Å². The standard InChI is InChI=1S/C24H27ClF2N4O2Si/c1-34(2,3)11-10-33-15-31-21-5-4-20(29-23(21)17(14-28)24(31)25)22-18(26)12-16(13-19(22)27)30-6-8-32-9-7-30/h4-5,12-13H,6-11,15H2,1-3H3. The molecule has 0 unspecified atom stereocenters. The zero-order chi connectivity index (χ0) is 24.5. The average molecular weight is 505 g/mol. The highest BCUT2D eigenvalue weighted by atomic mass is 35.5. The van der Waals surface area contributed by atoms with Crippen molar-refractivity contribution < 1.29 is 18.3 Å². The molecule has 0 N–H and O–H groups in total. The van der Waals surface area contributed by atoms with E-state index in [-0.39, 0.29) is 34.2 Å². The van der Waals surface area contributed by atoms with Gasteiger partial charge in [0.05, 0.1) is 30.0 Å². The molecule has 3 heterocycles. The van der Waals surface area contributed by atoms with Crippen LogP contribution in [-0.2, 0) is 16.2 Å². The van der Waals surface area contributed by atoms with Crippen molar-refractivity contribution >= 4 is 36.4 Å². The molecule has 4 rings (SSSR count). The molecule has 0 amide bonds. The van der Waals surface area contributed by atoms with Crippen molar-refractivity contribution in [2.75, 3.05) is 37.8 Å². The van der Waals surface area contributed by atoms with Gasteiger partial charge in [0.15, 0.2) is 0 Å². The molecule has 1 aliphatic heterocycles. The fraction of sp³-hybridized carbons (Fsp3) is 0.417. The Morgan fingerprint density at radius 2 is 1.85 bits per heavy atom. The molecule has 180 valence electrons. The normalized spacial score (nSPS) is 14.6. The van der Waals surface area contributed by atoms with E-state index < -0.39 is 19.7 Å². The number of rotatable bonds is 7. The molecule has 10 heteroatoms. The lowest BCUT2D eigenvalue weighted by molar-refractivity contribution is 0.0904. The van der Waals surface area contributed by atoms with E-state index in [1.165, 1.54) is 18.2 Å². The zero-order valence-electron chi connectivity index (χ0n) is 19.5. The first-order valence-corrected chi connectivity index (χ1v) is 15.3. The molecule has 1 saturated heterocycles. The molecule has 1 aliphatic rings. The third kappa shape index (κ3) is 5.10. The van der Waals surface area contributed by atoms with Crippen LogP contribution in [0.3, 0.4) is 0 Å². The Hall–Kier alpha value is -2.51. The van der Waals surface area contributed by atoms with Gasteiger partial charge in [0.1, 0.15) is 40.7 Å². The third-order valence-electron chi connectivity index (χ3n) is 5.83. The Morgan fingerprint density at radius 1 is 1.18 bits per heavy atom. The van der Waals surface area contributed by atoms with E-state index in [0.29, 0.717) is 44.1 Å². The van der Waals surface area contributed by atoms with E-state index in [1.54, 1.807) is 10.6 Å². The van der Waals surface area contributed by atoms with Crippen molar-refractivity contribution in [1.29, 1.82) is 5.26 Å². The van der Waals surface area contributed by atoms with E-state index in [9.17, 15) is 5.26 Å². The Bertz CT molecular complexity index is 1220. The molecule has 0 aliphatic carbocycles. The van der Waals surface area contributed by atoms with Gasteiger partial charge in [0, 0.05) is 33.5 Å². The Balaban J connectivity index is 1.67. The number of pyridine rings is 1. The lowest BCUT2D eigenvalue weighted by Gasteiger charge is -2.29. The maximum absolute atomic E-state index is 15.1. The zero-order valence-corrected chi connectivity index (χ0v) is 21.3. The van der Waals surface area contributed by atoms with Gasteiger partial charge in [-0.25, -0.2) is 13.8 Å². The minimum Gasteiger partial charge on any atom is -0.378 e. The van der Waals surface area contributed by atoms with Crippen molar-refractivity contribution in [2.45, 2.75) is 32.4 Å². The molecular weight excluding hydrogens is 478 g/mol. The van der Waals surface area contributed by atoms with E-state index in [4.69, 9.17) is 21.1 Å². The van der Waals surface area contributed by atoms with Gasteiger partial charge in [0.25, 0.3) is 0 Å². The fourth-order valence-corrected chi connectivity index (χ4v) is 4.93. The summed E-state index contributed by atoms with van der Waals surface area (Å²) < 4.78 is 42.9. The number of hydrogen-bond acceptors (Lipinski definition) is 5. The van der Waals surface area contributed by atoms with Crippen LogP contribution in [0.1, 0.15) is 5.56 Å². The van der Waals surface area contributed by atoms with Crippen LogP contribution >= 0.6 is 11.6 Å². The highest BCUT2D eigenvalue weighted by Gasteiger charge is 2.22. The van der Waals surface area contributed by atoms with Gasteiger partial charge in [-0.05, 0) is 30.3 Å². The first-order chi connectivity index (χ1) is 16.2. The van der Waals surface area contributed by atoms with Crippen LogP contribution in [0.15, 0.2) is 24.3 Å². The number of halogens is 3. The largest absolute Gasteiger partial charge is 0.378 e. The summed E-state index contributed by atoms with van der Waals surface area (Å²) in [5.41, 5.74) is 1.33. The molecule has 3 aromatic rings. The number of fused-ring (bicyclic) bond motifs is 1. The van der Waals surface area contributed by atoms with Gasteiger partial charge in [-0.1, -0.05) is 31.2 Å². The van der Waals surface area contributed by atoms with Crippen molar-refractivity contribution in [1.82, 2.24) is 9.55 Å². The van der Waals surface area contributed by atoms with Gasteiger partial charge in [-0.2, -0.15) is 5.26 Å². The molecule has 1 aromatic carbocycles. The lowest BCUT2D eigenvalue weighted by atomic mass is 10.1. The van der Waals surface area contributed by atoms with E-state index in [0.717, 1.165) is 6.04 Å². The fourth-order valence-electron chi connectivity index (χ4n) is 3.90. The quantitative estimate of drug-likeness (QED) is 0.307. The second-order valence-corrected chi connectivity index (χ2v) is 15.5. The lowest BCUT2D eigenvalue weighted by Crippen LogP contribution is -2.36. The van der Waals surface area contributed by atoms with Crippen molar-refractivity contribution in [3.05, 3.63) is 46.6 Å². The van der Waals surface area contributed by atoms with Gasteiger partial charge < -0.3 is 18.9 Å². The summed E-state index contributed by atoms with van der Waals surface area (Å²) in [6.45, 7) is 9.71. The van der Waals surface area contributed by atoms with Crippen LogP contribution in [0.2, 0.25) is 30.8 Å². The predicted molar refractivity (Wildman–Crippen MR) is 132 cm³/mol. The predicted octanol–water partition coefficient (Wildman–Crippen LogP) is 5.66. The molecule has 0 radical (unpaired) electrons. The van der Waals surface area contributed by atoms with Crippen LogP contribution in [-0.4, -0.2) is 50.5 Å². The maximum Gasteiger partial charge on any atom is 0.137 e. The van der Waals surface area contributed by atoms with Crippen molar-refractivity contribution in [2.24, 2.45) is 0 Å². The van der Waals surface area contributed by atoms with Crippen LogP contribution in [0.4, 0.5) is 14.5 Å². The second-order valence-electron chi connectivity index (χ2n) is 9.50. The van der Waals surface area contributed by atoms with Crippen molar-refractivity contribution in [3.8, 4) is 17.3 Å². The molecule has 0 saturated carbocycles. The number of nitriles is 1. The Labute approximate surface area is 203 Å². The van der Waals surface area contributed by atoms with Crippen LogP contribution in [0.5, 0.6) is 0 Å². The van der Waals surface area contributed by atoms with Gasteiger partial charge in [-0.3, -0.25) is 0 Å². The number of morpholine rings is 1. The van der Waals surface area contributed by atoms with E-state index >= 15 is 8.78 Å². The molecule has 0 bridgehead atoms. The molecule has 1 fully saturated rings.